The third kappa shape index (κ3) is 2.71. The van der Waals surface area contributed by atoms with Crippen molar-refractivity contribution in [2.45, 2.75) is 25.3 Å². The number of hydrogen-bond acceptors (Lipinski definition) is 4. The minimum Gasteiger partial charge on any atom is -0.489 e. The monoisotopic (exact) mass is 217 g/mol. The zero-order valence-corrected chi connectivity index (χ0v) is 9.15. The predicted molar refractivity (Wildman–Crippen MR) is 60.1 cm³/mol. The molecule has 84 valence electrons. The van der Waals surface area contributed by atoms with E-state index < -0.39 is 0 Å². The molecule has 4 heteroatoms. The van der Waals surface area contributed by atoms with Gasteiger partial charge in [0.25, 0.3) is 0 Å². The van der Waals surface area contributed by atoms with E-state index in [2.05, 4.69) is 10.3 Å². The number of ether oxygens (including phenoxy) is 1. The van der Waals surface area contributed by atoms with Crippen LogP contribution in [0, 0.1) is 11.3 Å². The highest BCUT2D eigenvalue weighted by molar-refractivity contribution is 5.36. The highest BCUT2D eigenvalue weighted by Crippen LogP contribution is 2.15. The predicted octanol–water partition coefficient (Wildman–Crippen LogP) is 1.47. The molecular weight excluding hydrogens is 202 g/mol. The molecule has 1 aliphatic rings. The normalized spacial score (nSPS) is 20.1. The average Bonchev–Trinajstić information content (AvgIpc) is 2.38. The van der Waals surface area contributed by atoms with Gasteiger partial charge in [0, 0.05) is 12.2 Å². The van der Waals surface area contributed by atoms with Crippen LogP contribution in [0.25, 0.3) is 0 Å². The smallest absolute Gasteiger partial charge is 0.182 e. The molecule has 1 aromatic rings. The molecule has 1 saturated heterocycles. The van der Waals surface area contributed by atoms with Gasteiger partial charge in [0.05, 0.1) is 0 Å². The summed E-state index contributed by atoms with van der Waals surface area (Å²) in [4.78, 5) is 3.95. The van der Waals surface area contributed by atoms with Crippen LogP contribution in [0.15, 0.2) is 18.3 Å². The Morgan fingerprint density at radius 1 is 1.56 bits per heavy atom. The summed E-state index contributed by atoms with van der Waals surface area (Å²) in [5.41, 5.74) is 0.360. The van der Waals surface area contributed by atoms with E-state index in [9.17, 15) is 0 Å². The number of pyridine rings is 1. The molecule has 0 radical (unpaired) electrons. The largest absolute Gasteiger partial charge is 0.489 e. The number of piperidine rings is 1. The fourth-order valence-corrected chi connectivity index (χ4v) is 1.85. The molecule has 0 amide bonds. The Labute approximate surface area is 95.3 Å². The highest BCUT2D eigenvalue weighted by atomic mass is 16.5. The maximum Gasteiger partial charge on any atom is 0.182 e. The standard InChI is InChI=1S/C12H15N3O/c13-8-11-12(5-3-7-15-11)16-9-10-4-1-2-6-14-10/h3,5,7,10,14H,1-2,4,6,9H2. The van der Waals surface area contributed by atoms with Crippen molar-refractivity contribution in [1.82, 2.24) is 10.3 Å². The topological polar surface area (TPSA) is 57.9 Å². The van der Waals surface area contributed by atoms with E-state index in [0.29, 0.717) is 24.1 Å². The van der Waals surface area contributed by atoms with E-state index in [-0.39, 0.29) is 0 Å². The van der Waals surface area contributed by atoms with Gasteiger partial charge in [-0.1, -0.05) is 6.42 Å². The Kier molecular flexibility index (Phi) is 3.73. The second kappa shape index (κ2) is 5.47. The molecule has 0 aliphatic carbocycles. The molecule has 0 spiro atoms. The average molecular weight is 217 g/mol. The van der Waals surface area contributed by atoms with E-state index in [1.165, 1.54) is 12.8 Å². The number of hydrogen-bond donors (Lipinski definition) is 1. The van der Waals surface area contributed by atoms with Crippen LogP contribution < -0.4 is 10.1 Å². The summed E-state index contributed by atoms with van der Waals surface area (Å²) in [6.45, 7) is 1.67. The van der Waals surface area contributed by atoms with Crippen LogP contribution in [0.4, 0.5) is 0 Å². The first-order chi connectivity index (χ1) is 7.90. The van der Waals surface area contributed by atoms with Crippen molar-refractivity contribution in [3.63, 3.8) is 0 Å². The molecule has 0 aromatic carbocycles. The number of nitrogens with zero attached hydrogens (tertiary/aromatic N) is 2. The van der Waals surface area contributed by atoms with Crippen molar-refractivity contribution in [3.8, 4) is 11.8 Å². The zero-order valence-electron chi connectivity index (χ0n) is 9.15. The summed E-state index contributed by atoms with van der Waals surface area (Å²) in [7, 11) is 0. The summed E-state index contributed by atoms with van der Waals surface area (Å²) >= 11 is 0. The van der Waals surface area contributed by atoms with Gasteiger partial charge in [-0.05, 0) is 31.5 Å². The molecule has 0 bridgehead atoms. The highest BCUT2D eigenvalue weighted by Gasteiger charge is 2.13. The molecule has 1 fully saturated rings. The van der Waals surface area contributed by atoms with E-state index in [4.69, 9.17) is 10.00 Å². The first-order valence-corrected chi connectivity index (χ1v) is 5.61. The van der Waals surface area contributed by atoms with Gasteiger partial charge in [-0.3, -0.25) is 0 Å². The van der Waals surface area contributed by atoms with Crippen LogP contribution in [0.5, 0.6) is 5.75 Å². The van der Waals surface area contributed by atoms with Crippen LogP contribution >= 0.6 is 0 Å². The number of nitrogens with one attached hydrogen (secondary N) is 1. The molecule has 1 aliphatic heterocycles. The Bertz CT molecular complexity index is 380. The molecule has 2 heterocycles. The molecule has 2 rings (SSSR count). The summed E-state index contributed by atoms with van der Waals surface area (Å²) in [5, 5.41) is 12.2. The first kappa shape index (κ1) is 10.9. The minimum absolute atomic E-state index is 0.360. The third-order valence-corrected chi connectivity index (χ3v) is 2.73. The van der Waals surface area contributed by atoms with Crippen LogP contribution in [-0.4, -0.2) is 24.2 Å². The summed E-state index contributed by atoms with van der Waals surface area (Å²) in [6.07, 6.45) is 5.23. The minimum atomic E-state index is 0.360. The van der Waals surface area contributed by atoms with Gasteiger partial charge >= 0.3 is 0 Å². The van der Waals surface area contributed by atoms with Crippen molar-refractivity contribution in [3.05, 3.63) is 24.0 Å². The van der Waals surface area contributed by atoms with Gasteiger partial charge in [-0.25, -0.2) is 4.98 Å². The van der Waals surface area contributed by atoms with Crippen LogP contribution in [0.1, 0.15) is 25.0 Å². The lowest BCUT2D eigenvalue weighted by Crippen LogP contribution is -2.38. The SMILES string of the molecule is N#Cc1ncccc1OCC1CCCCN1. The maximum atomic E-state index is 8.85. The lowest BCUT2D eigenvalue weighted by molar-refractivity contribution is 0.238. The number of aromatic nitrogens is 1. The number of rotatable bonds is 3. The number of nitriles is 1. The van der Waals surface area contributed by atoms with Crippen molar-refractivity contribution in [2.24, 2.45) is 0 Å². The van der Waals surface area contributed by atoms with E-state index >= 15 is 0 Å². The molecule has 1 atom stereocenters. The van der Waals surface area contributed by atoms with E-state index in [1.807, 2.05) is 6.07 Å². The molecule has 1 unspecified atom stereocenters. The van der Waals surface area contributed by atoms with Gasteiger partial charge in [-0.15, -0.1) is 0 Å². The summed E-state index contributed by atoms with van der Waals surface area (Å²) in [5.74, 6) is 0.581. The van der Waals surface area contributed by atoms with Crippen LogP contribution in [0.3, 0.4) is 0 Å². The maximum absolute atomic E-state index is 8.85. The Balaban J connectivity index is 1.91. The summed E-state index contributed by atoms with van der Waals surface area (Å²) < 4.78 is 5.62. The molecule has 0 saturated carbocycles. The summed E-state index contributed by atoms with van der Waals surface area (Å²) in [6, 6.07) is 6.00. The zero-order chi connectivity index (χ0) is 11.2. The third-order valence-electron chi connectivity index (χ3n) is 2.73. The quantitative estimate of drug-likeness (QED) is 0.833. The molecule has 16 heavy (non-hydrogen) atoms. The fourth-order valence-electron chi connectivity index (χ4n) is 1.85. The van der Waals surface area contributed by atoms with Crippen molar-refractivity contribution in [1.29, 1.82) is 5.26 Å². The van der Waals surface area contributed by atoms with Gasteiger partial charge in [0.15, 0.2) is 11.4 Å². The Morgan fingerprint density at radius 2 is 2.50 bits per heavy atom. The van der Waals surface area contributed by atoms with E-state index in [1.54, 1.807) is 18.3 Å². The lowest BCUT2D eigenvalue weighted by Gasteiger charge is -2.23. The second-order valence-corrected chi connectivity index (χ2v) is 3.92. The first-order valence-electron chi connectivity index (χ1n) is 5.61. The van der Waals surface area contributed by atoms with Crippen LogP contribution in [-0.2, 0) is 0 Å². The fraction of sp³-hybridized carbons (Fsp3) is 0.500. The van der Waals surface area contributed by atoms with Crippen molar-refractivity contribution < 1.29 is 4.74 Å². The van der Waals surface area contributed by atoms with Gasteiger partial charge in [0.2, 0.25) is 0 Å². The van der Waals surface area contributed by atoms with Gasteiger partial charge in [-0.2, -0.15) is 5.26 Å². The van der Waals surface area contributed by atoms with E-state index in [0.717, 1.165) is 13.0 Å². The molecule has 1 N–H and O–H groups in total. The lowest BCUT2D eigenvalue weighted by atomic mass is 10.1. The molecule has 4 nitrogen and oxygen atoms in total. The van der Waals surface area contributed by atoms with Crippen LogP contribution in [0.2, 0.25) is 0 Å². The van der Waals surface area contributed by atoms with Gasteiger partial charge < -0.3 is 10.1 Å². The second-order valence-electron chi connectivity index (χ2n) is 3.92. The van der Waals surface area contributed by atoms with Crippen molar-refractivity contribution in [2.75, 3.05) is 13.2 Å². The molecule has 1 aromatic heterocycles. The Hall–Kier alpha value is -1.60. The molecular formula is C12H15N3O. The van der Waals surface area contributed by atoms with Crippen molar-refractivity contribution >= 4 is 0 Å². The van der Waals surface area contributed by atoms with Gasteiger partial charge in [0.1, 0.15) is 12.7 Å². The Morgan fingerprint density at radius 3 is 3.25 bits per heavy atom.